The second-order valence-corrected chi connectivity index (χ2v) is 11.2. The minimum atomic E-state index is -0.936. The molecule has 2 aromatic rings. The van der Waals surface area contributed by atoms with Gasteiger partial charge in [0.25, 0.3) is 0 Å². The molecule has 10 nitrogen and oxygen atoms in total. The minimum absolute atomic E-state index is 0.0758. The van der Waals surface area contributed by atoms with Gasteiger partial charge in [0.2, 0.25) is 11.8 Å². The lowest BCUT2D eigenvalue weighted by Gasteiger charge is -2.47. The standard InChI is InChI=1S/C29H38FN5O5/c1-19-13-33(25(16-34(19)29(37)38)15-32-8-9-39-18-20(32)2)17-27(36)35-14-21(3)40-28-26(35)11-23(12-31-28)10-22-4-6-24(30)7-5-22/h4-7,11-12,19-21,25H,8-10,13-18H2,1-3H3,(H,37,38)/t19?,20-,21?,25?/m1/s1. The molecular formula is C29H38FN5O5. The minimum Gasteiger partial charge on any atom is -0.471 e. The summed E-state index contributed by atoms with van der Waals surface area (Å²) in [5, 5.41) is 9.80. The van der Waals surface area contributed by atoms with Crippen LogP contribution < -0.4 is 9.64 Å². The van der Waals surface area contributed by atoms with Gasteiger partial charge in [-0.05, 0) is 56.5 Å². The average molecular weight is 556 g/mol. The maximum atomic E-state index is 13.9. The van der Waals surface area contributed by atoms with Gasteiger partial charge in [0.15, 0.2) is 0 Å². The van der Waals surface area contributed by atoms with E-state index >= 15 is 0 Å². The van der Waals surface area contributed by atoms with E-state index in [2.05, 4.69) is 21.7 Å². The number of nitrogens with zero attached hydrogens (tertiary/aromatic N) is 5. The molecule has 3 aliphatic rings. The monoisotopic (exact) mass is 555 g/mol. The number of aromatic nitrogens is 1. The van der Waals surface area contributed by atoms with Crippen LogP contribution in [0.4, 0.5) is 14.9 Å². The van der Waals surface area contributed by atoms with E-state index in [0.29, 0.717) is 57.4 Å². The van der Waals surface area contributed by atoms with Gasteiger partial charge >= 0.3 is 6.09 Å². The fraction of sp³-hybridized carbons (Fsp3) is 0.552. The molecule has 11 heteroatoms. The van der Waals surface area contributed by atoms with Gasteiger partial charge in [-0.15, -0.1) is 0 Å². The second kappa shape index (κ2) is 12.1. The van der Waals surface area contributed by atoms with Crippen LogP contribution in [0.15, 0.2) is 36.5 Å². The molecule has 3 unspecified atom stereocenters. The Kier molecular flexibility index (Phi) is 8.53. The van der Waals surface area contributed by atoms with Crippen LogP contribution in [0.3, 0.4) is 0 Å². The first-order chi connectivity index (χ1) is 19.2. The fourth-order valence-electron chi connectivity index (χ4n) is 5.83. The number of halogens is 1. The number of amides is 2. The molecule has 216 valence electrons. The zero-order valence-corrected chi connectivity index (χ0v) is 23.3. The Balaban J connectivity index is 1.35. The molecule has 0 radical (unpaired) electrons. The van der Waals surface area contributed by atoms with E-state index in [1.165, 1.54) is 17.0 Å². The third-order valence-electron chi connectivity index (χ3n) is 8.04. The predicted molar refractivity (Wildman–Crippen MR) is 147 cm³/mol. The van der Waals surface area contributed by atoms with Crippen molar-refractivity contribution in [3.63, 3.8) is 0 Å². The number of pyridine rings is 1. The number of piperazine rings is 1. The van der Waals surface area contributed by atoms with Crippen molar-refractivity contribution in [2.24, 2.45) is 0 Å². The number of carbonyl (C=O) groups excluding carboxylic acids is 1. The van der Waals surface area contributed by atoms with Crippen LogP contribution in [-0.2, 0) is 16.0 Å². The van der Waals surface area contributed by atoms with E-state index in [1.54, 1.807) is 23.2 Å². The Bertz CT molecular complexity index is 1210. The lowest BCUT2D eigenvalue weighted by molar-refractivity contribution is -0.122. The first kappa shape index (κ1) is 28.3. The number of fused-ring (bicyclic) bond motifs is 1. The molecule has 0 saturated carbocycles. The molecule has 40 heavy (non-hydrogen) atoms. The lowest BCUT2D eigenvalue weighted by atomic mass is 10.0. The van der Waals surface area contributed by atoms with E-state index in [4.69, 9.17) is 9.47 Å². The van der Waals surface area contributed by atoms with Crippen LogP contribution >= 0.6 is 0 Å². The van der Waals surface area contributed by atoms with E-state index < -0.39 is 6.09 Å². The van der Waals surface area contributed by atoms with Crippen LogP contribution in [0.25, 0.3) is 0 Å². The van der Waals surface area contributed by atoms with Crippen molar-refractivity contribution in [3.05, 3.63) is 53.5 Å². The zero-order chi connectivity index (χ0) is 28.4. The van der Waals surface area contributed by atoms with Crippen LogP contribution in [0, 0.1) is 5.82 Å². The van der Waals surface area contributed by atoms with Gasteiger partial charge in [-0.3, -0.25) is 14.6 Å². The molecule has 0 spiro atoms. The second-order valence-electron chi connectivity index (χ2n) is 11.2. The van der Waals surface area contributed by atoms with E-state index in [1.807, 2.05) is 19.9 Å². The number of carboxylic acid groups (broad SMARTS) is 1. The van der Waals surface area contributed by atoms with Gasteiger partial charge in [-0.2, -0.15) is 0 Å². The Morgan fingerprint density at radius 1 is 1.05 bits per heavy atom. The summed E-state index contributed by atoms with van der Waals surface area (Å²) in [7, 11) is 0. The summed E-state index contributed by atoms with van der Waals surface area (Å²) in [5.74, 6) is 0.0530. The van der Waals surface area contributed by atoms with Crippen molar-refractivity contribution >= 4 is 17.7 Å². The molecular weight excluding hydrogens is 517 g/mol. The van der Waals surface area contributed by atoms with Gasteiger partial charge in [0.1, 0.15) is 17.6 Å². The molecule has 1 aromatic carbocycles. The molecule has 2 fully saturated rings. The summed E-state index contributed by atoms with van der Waals surface area (Å²) >= 11 is 0. The van der Waals surface area contributed by atoms with Crippen molar-refractivity contribution in [1.82, 2.24) is 19.7 Å². The number of ether oxygens (including phenoxy) is 2. The molecule has 2 amide bonds. The van der Waals surface area contributed by atoms with Crippen molar-refractivity contribution < 1.29 is 28.6 Å². The highest BCUT2D eigenvalue weighted by atomic mass is 19.1. The molecule has 4 atom stereocenters. The molecule has 3 aliphatic heterocycles. The molecule has 1 N–H and O–H groups in total. The van der Waals surface area contributed by atoms with Crippen LogP contribution in [-0.4, -0.2) is 114 Å². The zero-order valence-electron chi connectivity index (χ0n) is 23.3. The average Bonchev–Trinajstić information content (AvgIpc) is 2.92. The van der Waals surface area contributed by atoms with E-state index in [9.17, 15) is 19.1 Å². The maximum Gasteiger partial charge on any atom is 0.407 e. The number of carbonyl (C=O) groups is 2. The Hall–Kier alpha value is -3.28. The van der Waals surface area contributed by atoms with Crippen LogP contribution in [0.2, 0.25) is 0 Å². The van der Waals surface area contributed by atoms with Gasteiger partial charge in [-0.25, -0.2) is 14.2 Å². The van der Waals surface area contributed by atoms with Crippen molar-refractivity contribution in [2.75, 3.05) is 57.4 Å². The number of morpholine rings is 1. The smallest absolute Gasteiger partial charge is 0.407 e. The number of rotatable bonds is 6. The third-order valence-corrected chi connectivity index (χ3v) is 8.04. The summed E-state index contributed by atoms with van der Waals surface area (Å²) in [6.45, 7) is 9.99. The first-order valence-electron chi connectivity index (χ1n) is 13.9. The Morgan fingerprint density at radius 2 is 1.82 bits per heavy atom. The highest BCUT2D eigenvalue weighted by molar-refractivity contribution is 5.96. The number of benzene rings is 1. The quantitative estimate of drug-likeness (QED) is 0.581. The van der Waals surface area contributed by atoms with Crippen molar-refractivity contribution in [3.8, 4) is 5.88 Å². The summed E-state index contributed by atoms with van der Waals surface area (Å²) < 4.78 is 24.9. The summed E-state index contributed by atoms with van der Waals surface area (Å²) in [4.78, 5) is 38.0. The van der Waals surface area contributed by atoms with Gasteiger partial charge in [-0.1, -0.05) is 12.1 Å². The fourth-order valence-corrected chi connectivity index (χ4v) is 5.83. The normalized spacial score (nSPS) is 25.8. The summed E-state index contributed by atoms with van der Waals surface area (Å²) in [6, 6.07) is 8.13. The molecule has 4 heterocycles. The molecule has 2 saturated heterocycles. The van der Waals surface area contributed by atoms with Gasteiger partial charge < -0.3 is 24.4 Å². The topological polar surface area (TPSA) is 98.7 Å². The number of hydrogen-bond donors (Lipinski definition) is 1. The SMILES string of the molecule is CC1CN(C(=O)CN2CC(C)N(C(=O)O)CC2CN2CCOC[C@H]2C)c2cc(Cc3ccc(F)cc3)cnc2O1. The molecule has 5 rings (SSSR count). The third kappa shape index (κ3) is 6.37. The van der Waals surface area contributed by atoms with Gasteiger partial charge in [0.05, 0.1) is 26.3 Å². The Morgan fingerprint density at radius 3 is 2.55 bits per heavy atom. The predicted octanol–water partition coefficient (Wildman–Crippen LogP) is 2.70. The van der Waals surface area contributed by atoms with E-state index in [0.717, 1.165) is 17.7 Å². The van der Waals surface area contributed by atoms with Crippen molar-refractivity contribution in [1.29, 1.82) is 0 Å². The first-order valence-corrected chi connectivity index (χ1v) is 13.9. The highest BCUT2D eigenvalue weighted by Crippen LogP contribution is 2.33. The summed E-state index contributed by atoms with van der Waals surface area (Å²) in [5.41, 5.74) is 2.46. The van der Waals surface area contributed by atoms with Crippen molar-refractivity contribution in [2.45, 2.75) is 51.4 Å². The van der Waals surface area contributed by atoms with Gasteiger partial charge in [0, 0.05) is 50.5 Å². The summed E-state index contributed by atoms with van der Waals surface area (Å²) in [6.07, 6.45) is 1.12. The maximum absolute atomic E-state index is 13.9. The number of anilines is 1. The molecule has 0 bridgehead atoms. The largest absolute Gasteiger partial charge is 0.471 e. The van der Waals surface area contributed by atoms with Crippen LogP contribution in [0.1, 0.15) is 31.9 Å². The number of hydrogen-bond acceptors (Lipinski definition) is 7. The highest BCUT2D eigenvalue weighted by Gasteiger charge is 2.38. The Labute approximate surface area is 234 Å². The lowest BCUT2D eigenvalue weighted by Crippen LogP contribution is -2.64. The molecule has 1 aromatic heterocycles. The molecule has 0 aliphatic carbocycles. The van der Waals surface area contributed by atoms with Crippen LogP contribution in [0.5, 0.6) is 5.88 Å². The van der Waals surface area contributed by atoms with E-state index in [-0.39, 0.29) is 42.5 Å².